The van der Waals surface area contributed by atoms with Crippen molar-refractivity contribution in [1.29, 1.82) is 0 Å². The second-order valence-electron chi connectivity index (χ2n) is 9.49. The van der Waals surface area contributed by atoms with Gasteiger partial charge in [-0.3, -0.25) is 9.89 Å². The highest BCUT2D eigenvalue weighted by Crippen LogP contribution is 2.28. The predicted molar refractivity (Wildman–Crippen MR) is 133 cm³/mol. The van der Waals surface area contributed by atoms with Crippen LogP contribution in [0.4, 0.5) is 5.69 Å². The van der Waals surface area contributed by atoms with Crippen LogP contribution in [0.3, 0.4) is 0 Å². The number of likely N-dealkylation sites (N-methyl/N-ethyl adjacent to an activating group) is 1. The number of piperazine rings is 1. The molecule has 7 heteroatoms. The molecule has 1 aliphatic carbocycles. The fourth-order valence-corrected chi connectivity index (χ4v) is 3.68. The second-order valence-corrected chi connectivity index (χ2v) is 9.49. The molecule has 180 valence electrons. The maximum absolute atomic E-state index is 5.76. The quantitative estimate of drug-likeness (QED) is 0.293. The smallest absolute Gasteiger partial charge is 0.195 e. The van der Waals surface area contributed by atoms with Crippen LogP contribution in [0, 0.1) is 5.92 Å². The number of aliphatic imine (C=N–C) groups is 1. The minimum atomic E-state index is 0.172. The lowest BCUT2D eigenvalue weighted by atomic mass is 10.2. The summed E-state index contributed by atoms with van der Waals surface area (Å²) in [4.78, 5) is 9.83. The van der Waals surface area contributed by atoms with Crippen molar-refractivity contribution in [2.24, 2.45) is 10.9 Å². The molecule has 0 bridgehead atoms. The van der Waals surface area contributed by atoms with Crippen molar-refractivity contribution in [2.75, 3.05) is 64.8 Å². The molecule has 3 rings (SSSR count). The molecule has 1 aromatic rings. The van der Waals surface area contributed by atoms with Crippen molar-refractivity contribution in [3.63, 3.8) is 0 Å². The van der Waals surface area contributed by atoms with Crippen molar-refractivity contribution < 1.29 is 9.47 Å². The van der Waals surface area contributed by atoms with Gasteiger partial charge in [0.2, 0.25) is 0 Å². The van der Waals surface area contributed by atoms with Crippen LogP contribution in [0.15, 0.2) is 29.3 Å². The molecule has 2 N–H and O–H groups in total. The third kappa shape index (κ3) is 9.35. The molecule has 1 saturated heterocycles. The van der Waals surface area contributed by atoms with Gasteiger partial charge in [0.1, 0.15) is 5.75 Å². The lowest BCUT2D eigenvalue weighted by Gasteiger charge is -2.35. The first-order valence-electron chi connectivity index (χ1n) is 12.3. The molecule has 1 saturated carbocycles. The highest BCUT2D eigenvalue weighted by Gasteiger charge is 2.21. The Kier molecular flexibility index (Phi) is 10.1. The van der Waals surface area contributed by atoms with Gasteiger partial charge in [-0.1, -0.05) is 0 Å². The molecule has 7 nitrogen and oxygen atoms in total. The number of guanidine groups is 1. The van der Waals surface area contributed by atoms with Gasteiger partial charge in [0.25, 0.3) is 0 Å². The highest BCUT2D eigenvalue weighted by atomic mass is 16.5. The first-order valence-corrected chi connectivity index (χ1v) is 12.3. The van der Waals surface area contributed by atoms with E-state index in [2.05, 4.69) is 34.4 Å². The van der Waals surface area contributed by atoms with Crippen LogP contribution in [0.25, 0.3) is 0 Å². The van der Waals surface area contributed by atoms with Crippen LogP contribution in [-0.2, 0) is 4.74 Å². The van der Waals surface area contributed by atoms with E-state index in [1.165, 1.54) is 12.8 Å². The lowest BCUT2D eigenvalue weighted by Crippen LogP contribution is -2.49. The van der Waals surface area contributed by atoms with E-state index < -0.39 is 0 Å². The molecule has 32 heavy (non-hydrogen) atoms. The number of anilines is 1. The third-order valence-corrected chi connectivity index (χ3v) is 5.97. The standard InChI is InChI=1S/C25H43N5O2/c1-20(2)32-24-10-8-23(9-11-24)28-25(26-12-5-17-31-19-22-6-7-22)27-18-21(3)30-15-13-29(4)14-16-30/h8-11,20-22H,5-7,12-19H2,1-4H3,(H2,26,27,28). The van der Waals surface area contributed by atoms with Gasteiger partial charge in [-0.05, 0) is 77.3 Å². The molecule has 0 radical (unpaired) electrons. The summed E-state index contributed by atoms with van der Waals surface area (Å²) >= 11 is 0. The molecule has 1 unspecified atom stereocenters. The molecule has 1 aromatic carbocycles. The minimum Gasteiger partial charge on any atom is -0.491 e. The Morgan fingerprint density at radius 1 is 1.09 bits per heavy atom. The third-order valence-electron chi connectivity index (χ3n) is 5.97. The van der Waals surface area contributed by atoms with E-state index in [-0.39, 0.29) is 6.10 Å². The summed E-state index contributed by atoms with van der Waals surface area (Å²) in [6.07, 6.45) is 3.82. The summed E-state index contributed by atoms with van der Waals surface area (Å²) in [5, 5.41) is 6.94. The largest absolute Gasteiger partial charge is 0.491 e. The normalized spacial score (nSPS) is 19.2. The number of nitrogens with zero attached hydrogens (tertiary/aromatic N) is 3. The van der Waals surface area contributed by atoms with Crippen LogP contribution in [0.2, 0.25) is 0 Å². The maximum Gasteiger partial charge on any atom is 0.195 e. The zero-order valence-electron chi connectivity index (χ0n) is 20.5. The van der Waals surface area contributed by atoms with Gasteiger partial charge in [-0.2, -0.15) is 0 Å². The summed E-state index contributed by atoms with van der Waals surface area (Å²) in [5.41, 5.74) is 1.00. The van der Waals surface area contributed by atoms with Crippen molar-refractivity contribution >= 4 is 11.6 Å². The van der Waals surface area contributed by atoms with Crippen LogP contribution < -0.4 is 15.4 Å². The number of ether oxygens (including phenoxy) is 2. The SMILES string of the molecule is CC(C)Oc1ccc(NC(=NCC(C)N2CCN(C)CC2)NCCCOCC2CC2)cc1. The molecule has 0 amide bonds. The van der Waals surface area contributed by atoms with Crippen molar-refractivity contribution in [1.82, 2.24) is 15.1 Å². The Balaban J connectivity index is 1.50. The van der Waals surface area contributed by atoms with Gasteiger partial charge in [-0.15, -0.1) is 0 Å². The summed E-state index contributed by atoms with van der Waals surface area (Å²) in [6, 6.07) is 8.50. The molecule has 2 aliphatic rings. The van der Waals surface area contributed by atoms with E-state index in [9.17, 15) is 0 Å². The number of rotatable bonds is 12. The average Bonchev–Trinajstić information content (AvgIpc) is 3.60. The van der Waals surface area contributed by atoms with Gasteiger partial charge in [-0.25, -0.2) is 0 Å². The number of hydrogen-bond donors (Lipinski definition) is 2. The van der Waals surface area contributed by atoms with Crippen molar-refractivity contribution in [3.05, 3.63) is 24.3 Å². The van der Waals surface area contributed by atoms with Crippen LogP contribution >= 0.6 is 0 Å². The molecule has 0 aromatic heterocycles. The molecule has 0 spiro atoms. The highest BCUT2D eigenvalue weighted by molar-refractivity contribution is 5.93. The van der Waals surface area contributed by atoms with E-state index in [4.69, 9.17) is 14.5 Å². The van der Waals surface area contributed by atoms with Gasteiger partial charge in [0.05, 0.1) is 12.6 Å². The zero-order valence-corrected chi connectivity index (χ0v) is 20.5. The second kappa shape index (κ2) is 13.0. The molecular weight excluding hydrogens is 402 g/mol. The number of nitrogens with one attached hydrogen (secondary N) is 2. The Morgan fingerprint density at radius 3 is 2.47 bits per heavy atom. The first-order chi connectivity index (χ1) is 15.5. The van der Waals surface area contributed by atoms with Crippen LogP contribution in [0.5, 0.6) is 5.75 Å². The van der Waals surface area contributed by atoms with Crippen molar-refractivity contribution in [2.45, 2.75) is 52.2 Å². The number of benzene rings is 1. The molecular formula is C25H43N5O2. The Labute approximate surface area is 194 Å². The summed E-state index contributed by atoms with van der Waals surface area (Å²) in [7, 11) is 2.19. The fraction of sp³-hybridized carbons (Fsp3) is 0.720. The van der Waals surface area contributed by atoms with Crippen molar-refractivity contribution in [3.8, 4) is 5.75 Å². The van der Waals surface area contributed by atoms with E-state index in [0.29, 0.717) is 6.04 Å². The predicted octanol–water partition coefficient (Wildman–Crippen LogP) is 3.28. The van der Waals surface area contributed by atoms with Gasteiger partial charge < -0.3 is 25.0 Å². The van der Waals surface area contributed by atoms with E-state index >= 15 is 0 Å². The van der Waals surface area contributed by atoms with E-state index in [0.717, 1.165) is 82.2 Å². The van der Waals surface area contributed by atoms with Gasteiger partial charge in [0.15, 0.2) is 5.96 Å². The topological polar surface area (TPSA) is 61.4 Å². The summed E-state index contributed by atoms with van der Waals surface area (Å²) in [5.74, 6) is 2.53. The fourth-order valence-electron chi connectivity index (χ4n) is 3.68. The Hall–Kier alpha value is -1.83. The first kappa shape index (κ1) is 24.8. The van der Waals surface area contributed by atoms with E-state index in [1.807, 2.05) is 38.1 Å². The monoisotopic (exact) mass is 445 g/mol. The van der Waals surface area contributed by atoms with Crippen LogP contribution in [-0.4, -0.2) is 87.4 Å². The van der Waals surface area contributed by atoms with E-state index in [1.54, 1.807) is 0 Å². The molecule has 1 atom stereocenters. The minimum absolute atomic E-state index is 0.172. The summed E-state index contributed by atoms with van der Waals surface area (Å²) < 4.78 is 11.5. The maximum atomic E-state index is 5.76. The molecule has 1 aliphatic heterocycles. The zero-order chi connectivity index (χ0) is 22.8. The Bertz CT molecular complexity index is 682. The average molecular weight is 446 g/mol. The Morgan fingerprint density at radius 2 is 1.81 bits per heavy atom. The summed E-state index contributed by atoms with van der Waals surface area (Å²) in [6.45, 7) is 14.2. The van der Waals surface area contributed by atoms with Crippen LogP contribution in [0.1, 0.15) is 40.0 Å². The number of hydrogen-bond acceptors (Lipinski definition) is 5. The molecule has 1 heterocycles. The van der Waals surface area contributed by atoms with Gasteiger partial charge >= 0.3 is 0 Å². The van der Waals surface area contributed by atoms with Gasteiger partial charge in [0, 0.05) is 57.7 Å². The lowest BCUT2D eigenvalue weighted by molar-refractivity contribution is 0.122. The molecule has 2 fully saturated rings.